The van der Waals surface area contributed by atoms with E-state index in [1.807, 2.05) is 6.20 Å². The minimum Gasteiger partial charge on any atom is -0.327 e. The summed E-state index contributed by atoms with van der Waals surface area (Å²) in [6, 6.07) is 6.57. The van der Waals surface area contributed by atoms with E-state index in [1.54, 1.807) is 0 Å². The maximum Gasteiger partial charge on any atom is 0.0688 e. The van der Waals surface area contributed by atoms with E-state index in [-0.39, 0.29) is 11.5 Å². The summed E-state index contributed by atoms with van der Waals surface area (Å²) in [4.78, 5) is 0. The van der Waals surface area contributed by atoms with Crippen molar-refractivity contribution in [1.29, 1.82) is 0 Å². The lowest BCUT2D eigenvalue weighted by atomic mass is 9.88. The van der Waals surface area contributed by atoms with Gasteiger partial charge in [-0.3, -0.25) is 5.10 Å². The van der Waals surface area contributed by atoms with Crippen LogP contribution in [0.1, 0.15) is 25.3 Å². The molecule has 1 fully saturated rings. The molecule has 3 nitrogen and oxygen atoms in total. The number of benzene rings is 1. The molecule has 1 aliphatic rings. The number of nitrogens with zero attached hydrogens (tertiary/aromatic N) is 1. The highest BCUT2D eigenvalue weighted by molar-refractivity contribution is 5.82. The Morgan fingerprint density at radius 1 is 1.47 bits per heavy atom. The summed E-state index contributed by atoms with van der Waals surface area (Å²) >= 11 is 0. The Bertz CT molecular complexity index is 494. The number of nitrogens with one attached hydrogen (secondary N) is 1. The maximum atomic E-state index is 6.09. The molecule has 0 bridgehead atoms. The van der Waals surface area contributed by atoms with Crippen LogP contribution >= 0.6 is 0 Å². The Hall–Kier alpha value is -1.35. The van der Waals surface area contributed by atoms with Gasteiger partial charge in [0.15, 0.2) is 0 Å². The highest BCUT2D eigenvalue weighted by Gasteiger charge is 2.48. The smallest absolute Gasteiger partial charge is 0.0688 e. The molecule has 1 unspecified atom stereocenters. The van der Waals surface area contributed by atoms with E-state index in [0.29, 0.717) is 0 Å². The molecule has 0 radical (unpaired) electrons. The molecule has 0 saturated heterocycles. The standard InChI is InChI=1S/C12H15N3/c1-8(13)12(5-6-12)10-4-2-3-9-7-14-15-11(9)10/h2-4,7-8H,5-6,13H2,1H3,(H,14,15). The van der Waals surface area contributed by atoms with Gasteiger partial charge in [-0.05, 0) is 25.3 Å². The van der Waals surface area contributed by atoms with Gasteiger partial charge in [0.05, 0.1) is 11.7 Å². The molecule has 0 aliphatic heterocycles. The van der Waals surface area contributed by atoms with Gasteiger partial charge < -0.3 is 5.73 Å². The summed E-state index contributed by atoms with van der Waals surface area (Å²) in [7, 11) is 0. The topological polar surface area (TPSA) is 54.7 Å². The third-order valence-corrected chi connectivity index (χ3v) is 3.67. The second-order valence-corrected chi connectivity index (χ2v) is 4.58. The Morgan fingerprint density at radius 3 is 2.93 bits per heavy atom. The maximum absolute atomic E-state index is 6.09. The molecule has 1 heterocycles. The molecule has 3 heteroatoms. The predicted molar refractivity (Wildman–Crippen MR) is 60.7 cm³/mol. The Morgan fingerprint density at radius 2 is 2.27 bits per heavy atom. The van der Waals surface area contributed by atoms with Gasteiger partial charge in [-0.2, -0.15) is 5.10 Å². The van der Waals surface area contributed by atoms with E-state index in [0.717, 1.165) is 5.52 Å². The summed E-state index contributed by atoms with van der Waals surface area (Å²) < 4.78 is 0. The first-order valence-corrected chi connectivity index (χ1v) is 5.42. The summed E-state index contributed by atoms with van der Waals surface area (Å²) in [5.41, 5.74) is 8.79. The summed E-state index contributed by atoms with van der Waals surface area (Å²) in [6.07, 6.45) is 4.27. The molecule has 1 aliphatic carbocycles. The number of hydrogen-bond acceptors (Lipinski definition) is 2. The van der Waals surface area contributed by atoms with Crippen LogP contribution in [-0.2, 0) is 5.41 Å². The van der Waals surface area contributed by atoms with Crippen LogP contribution in [0.4, 0.5) is 0 Å². The summed E-state index contributed by atoms with van der Waals surface area (Å²) in [5.74, 6) is 0. The van der Waals surface area contributed by atoms with Crippen molar-refractivity contribution >= 4 is 10.9 Å². The number of hydrogen-bond donors (Lipinski definition) is 2. The highest BCUT2D eigenvalue weighted by Crippen LogP contribution is 2.51. The summed E-state index contributed by atoms with van der Waals surface area (Å²) in [6.45, 7) is 2.10. The van der Waals surface area contributed by atoms with Crippen LogP contribution in [0.15, 0.2) is 24.4 Å². The zero-order valence-corrected chi connectivity index (χ0v) is 8.83. The summed E-state index contributed by atoms with van der Waals surface area (Å²) in [5, 5.41) is 8.36. The minimum atomic E-state index is 0.200. The first-order valence-electron chi connectivity index (χ1n) is 5.42. The quantitative estimate of drug-likeness (QED) is 0.780. The van der Waals surface area contributed by atoms with E-state index in [4.69, 9.17) is 5.73 Å². The van der Waals surface area contributed by atoms with Gasteiger partial charge in [0, 0.05) is 16.8 Å². The molecule has 1 atom stereocenters. The van der Waals surface area contributed by atoms with Crippen molar-refractivity contribution < 1.29 is 0 Å². The third kappa shape index (κ3) is 1.13. The predicted octanol–water partition coefficient (Wildman–Crippen LogP) is 1.94. The highest BCUT2D eigenvalue weighted by atomic mass is 15.1. The first-order chi connectivity index (χ1) is 7.24. The number of rotatable bonds is 2. The Balaban J connectivity index is 2.23. The fourth-order valence-electron chi connectivity index (χ4n) is 2.49. The number of aromatic nitrogens is 2. The zero-order chi connectivity index (χ0) is 10.5. The van der Waals surface area contributed by atoms with Gasteiger partial charge in [-0.25, -0.2) is 0 Å². The van der Waals surface area contributed by atoms with Gasteiger partial charge in [0.25, 0.3) is 0 Å². The molecule has 0 amide bonds. The van der Waals surface area contributed by atoms with E-state index in [2.05, 4.69) is 35.3 Å². The molecule has 1 aromatic heterocycles. The van der Waals surface area contributed by atoms with Crippen molar-refractivity contribution in [2.45, 2.75) is 31.2 Å². The van der Waals surface area contributed by atoms with Crippen LogP contribution < -0.4 is 5.73 Å². The van der Waals surface area contributed by atoms with E-state index < -0.39 is 0 Å². The minimum absolute atomic E-state index is 0.200. The largest absolute Gasteiger partial charge is 0.327 e. The molecular formula is C12H15N3. The normalized spacial score (nSPS) is 20.4. The fourth-order valence-corrected chi connectivity index (χ4v) is 2.49. The van der Waals surface area contributed by atoms with Crippen molar-refractivity contribution in [3.8, 4) is 0 Å². The van der Waals surface area contributed by atoms with Crippen molar-refractivity contribution in [3.63, 3.8) is 0 Å². The molecule has 3 rings (SSSR count). The van der Waals surface area contributed by atoms with Gasteiger partial charge >= 0.3 is 0 Å². The first kappa shape index (κ1) is 8.92. The number of aromatic amines is 1. The van der Waals surface area contributed by atoms with Crippen LogP contribution in [0, 0.1) is 0 Å². The Kier molecular flexibility index (Phi) is 1.68. The van der Waals surface area contributed by atoms with E-state index in [9.17, 15) is 0 Å². The molecule has 3 N–H and O–H groups in total. The van der Waals surface area contributed by atoms with Gasteiger partial charge in [0.2, 0.25) is 0 Å². The van der Waals surface area contributed by atoms with E-state index >= 15 is 0 Å². The monoisotopic (exact) mass is 201 g/mol. The van der Waals surface area contributed by atoms with Gasteiger partial charge in [-0.15, -0.1) is 0 Å². The lowest BCUT2D eigenvalue weighted by Gasteiger charge is -2.20. The van der Waals surface area contributed by atoms with Crippen molar-refractivity contribution in [2.75, 3.05) is 0 Å². The second-order valence-electron chi connectivity index (χ2n) is 4.58. The van der Waals surface area contributed by atoms with Crippen molar-refractivity contribution in [1.82, 2.24) is 10.2 Å². The number of fused-ring (bicyclic) bond motifs is 1. The van der Waals surface area contributed by atoms with Crippen LogP contribution in [0.3, 0.4) is 0 Å². The van der Waals surface area contributed by atoms with Crippen LogP contribution in [0.2, 0.25) is 0 Å². The average molecular weight is 201 g/mol. The van der Waals surface area contributed by atoms with Crippen LogP contribution in [0.5, 0.6) is 0 Å². The molecule has 78 valence electrons. The molecule has 1 aromatic carbocycles. The van der Waals surface area contributed by atoms with Gasteiger partial charge in [-0.1, -0.05) is 18.2 Å². The van der Waals surface area contributed by atoms with Crippen molar-refractivity contribution in [3.05, 3.63) is 30.0 Å². The second kappa shape index (κ2) is 2.83. The SMILES string of the molecule is CC(N)C1(c2cccc3cn[nH]c23)CC1. The Labute approximate surface area is 88.7 Å². The number of nitrogens with two attached hydrogens (primary N) is 1. The average Bonchev–Trinajstić information content (AvgIpc) is 2.89. The molecule has 0 spiro atoms. The van der Waals surface area contributed by atoms with E-state index in [1.165, 1.54) is 23.8 Å². The van der Waals surface area contributed by atoms with Crippen LogP contribution in [0.25, 0.3) is 10.9 Å². The van der Waals surface area contributed by atoms with Gasteiger partial charge in [0.1, 0.15) is 0 Å². The lowest BCUT2D eigenvalue weighted by Crippen LogP contribution is -2.31. The molecular weight excluding hydrogens is 186 g/mol. The number of H-pyrrole nitrogens is 1. The molecule has 2 aromatic rings. The van der Waals surface area contributed by atoms with Crippen molar-refractivity contribution in [2.24, 2.45) is 5.73 Å². The third-order valence-electron chi connectivity index (χ3n) is 3.67. The van der Waals surface area contributed by atoms with Crippen LogP contribution in [-0.4, -0.2) is 16.2 Å². The molecule has 1 saturated carbocycles. The zero-order valence-electron chi connectivity index (χ0n) is 8.83. The lowest BCUT2D eigenvalue weighted by molar-refractivity contribution is 0.559. The fraction of sp³-hybridized carbons (Fsp3) is 0.417. The number of para-hydroxylation sites is 1. The molecule has 15 heavy (non-hydrogen) atoms.